The summed E-state index contributed by atoms with van der Waals surface area (Å²) in [4.78, 5) is 24.0. The van der Waals surface area contributed by atoms with Crippen molar-refractivity contribution in [2.24, 2.45) is 11.5 Å². The van der Waals surface area contributed by atoms with Crippen LogP contribution in [-0.2, 0) is 16.1 Å². The fraction of sp³-hybridized carbons (Fsp3) is 0.333. The fourth-order valence-corrected chi connectivity index (χ4v) is 2.21. The molecule has 0 aromatic heterocycles. The van der Waals surface area contributed by atoms with Gasteiger partial charge < -0.3 is 16.4 Å². The molecule has 20 heavy (non-hydrogen) atoms. The van der Waals surface area contributed by atoms with Gasteiger partial charge in [-0.25, -0.2) is 0 Å². The third-order valence-corrected chi connectivity index (χ3v) is 2.89. The summed E-state index contributed by atoms with van der Waals surface area (Å²) in [5.41, 5.74) is 11.4. The number of primary amides is 1. The molecule has 1 aromatic carbocycles. The maximum absolute atomic E-state index is 11.9. The van der Waals surface area contributed by atoms with Crippen LogP contribution < -0.4 is 11.5 Å². The van der Waals surface area contributed by atoms with E-state index in [1.165, 1.54) is 4.90 Å². The minimum Gasteiger partial charge on any atom is -0.370 e. The molecule has 0 fully saturated rings. The zero-order valence-corrected chi connectivity index (χ0v) is 13.1. The Morgan fingerprint density at radius 2 is 1.75 bits per heavy atom. The molecule has 0 aliphatic carbocycles. The van der Waals surface area contributed by atoms with Crippen LogP contribution in [-0.4, -0.2) is 29.8 Å². The second kappa shape index (κ2) is 8.32. The minimum atomic E-state index is -0.933. The van der Waals surface area contributed by atoms with Crippen molar-refractivity contribution in [3.05, 3.63) is 33.8 Å². The number of hydrogen-bond acceptors (Lipinski definition) is 3. The minimum absolute atomic E-state index is 0. The summed E-state index contributed by atoms with van der Waals surface area (Å²) in [5.74, 6) is -0.977. The first kappa shape index (κ1) is 19.0. The SMILES string of the molecule is CN(Cc1cc(Cl)cc(Cl)c1)C(=O)C(N)CC(N)=O.Cl. The van der Waals surface area contributed by atoms with Crippen LogP contribution in [0, 0.1) is 0 Å². The molecule has 0 bridgehead atoms. The number of rotatable bonds is 5. The fourth-order valence-electron chi connectivity index (χ4n) is 1.64. The number of nitrogens with two attached hydrogens (primary N) is 2. The van der Waals surface area contributed by atoms with Gasteiger partial charge in [0.25, 0.3) is 0 Å². The number of amides is 2. The summed E-state index contributed by atoms with van der Waals surface area (Å²) in [6, 6.07) is 4.08. The summed E-state index contributed by atoms with van der Waals surface area (Å²) in [7, 11) is 1.58. The maximum atomic E-state index is 11.9. The van der Waals surface area contributed by atoms with E-state index < -0.39 is 11.9 Å². The maximum Gasteiger partial charge on any atom is 0.240 e. The Morgan fingerprint density at radius 3 is 2.20 bits per heavy atom. The third kappa shape index (κ3) is 5.96. The molecule has 1 rings (SSSR count). The summed E-state index contributed by atoms with van der Waals surface area (Å²) in [6.45, 7) is 0.297. The molecule has 2 amide bonds. The molecule has 4 N–H and O–H groups in total. The van der Waals surface area contributed by atoms with Crippen LogP contribution in [0.3, 0.4) is 0 Å². The van der Waals surface area contributed by atoms with Gasteiger partial charge in [0.05, 0.1) is 12.5 Å². The van der Waals surface area contributed by atoms with E-state index in [0.717, 1.165) is 5.56 Å². The van der Waals surface area contributed by atoms with Gasteiger partial charge in [0.15, 0.2) is 0 Å². The predicted octanol–water partition coefficient (Wildman–Crippen LogP) is 1.58. The molecule has 0 heterocycles. The van der Waals surface area contributed by atoms with Crippen molar-refractivity contribution >= 4 is 47.4 Å². The molecule has 0 saturated heterocycles. The van der Waals surface area contributed by atoms with Gasteiger partial charge in [-0.2, -0.15) is 0 Å². The van der Waals surface area contributed by atoms with Crippen molar-refractivity contribution in [3.63, 3.8) is 0 Å². The highest BCUT2D eigenvalue weighted by atomic mass is 35.5. The number of likely N-dealkylation sites (N-methyl/N-ethyl adjacent to an activating group) is 1. The third-order valence-electron chi connectivity index (χ3n) is 2.46. The lowest BCUT2D eigenvalue weighted by Crippen LogP contribution is -2.43. The molecule has 0 radical (unpaired) electrons. The molecule has 5 nitrogen and oxygen atoms in total. The van der Waals surface area contributed by atoms with E-state index in [0.29, 0.717) is 16.6 Å². The predicted molar refractivity (Wildman–Crippen MR) is 82.0 cm³/mol. The van der Waals surface area contributed by atoms with Crippen molar-refractivity contribution < 1.29 is 9.59 Å². The lowest BCUT2D eigenvalue weighted by molar-refractivity contribution is -0.133. The second-order valence-corrected chi connectivity index (χ2v) is 5.12. The van der Waals surface area contributed by atoms with Crippen LogP contribution in [0.4, 0.5) is 0 Å². The van der Waals surface area contributed by atoms with Crippen molar-refractivity contribution in [2.75, 3.05) is 7.05 Å². The average Bonchev–Trinajstić information content (AvgIpc) is 2.25. The molecule has 1 unspecified atom stereocenters. The Bertz CT molecular complexity index is 477. The summed E-state index contributed by atoms with van der Waals surface area (Å²) >= 11 is 11.7. The highest BCUT2D eigenvalue weighted by Gasteiger charge is 2.20. The van der Waals surface area contributed by atoms with Gasteiger partial charge in [0.2, 0.25) is 11.8 Å². The summed E-state index contributed by atoms with van der Waals surface area (Å²) in [6.07, 6.45) is -0.181. The van der Waals surface area contributed by atoms with Gasteiger partial charge in [-0.1, -0.05) is 23.2 Å². The molecule has 1 aromatic rings. The van der Waals surface area contributed by atoms with E-state index in [2.05, 4.69) is 0 Å². The Hall–Kier alpha value is -1.01. The smallest absolute Gasteiger partial charge is 0.240 e. The first-order valence-electron chi connectivity index (χ1n) is 5.53. The van der Waals surface area contributed by atoms with Crippen LogP contribution >= 0.6 is 35.6 Å². The molecule has 0 aliphatic rings. The van der Waals surface area contributed by atoms with Crippen LogP contribution in [0.1, 0.15) is 12.0 Å². The average molecular weight is 341 g/mol. The van der Waals surface area contributed by atoms with Crippen LogP contribution in [0.15, 0.2) is 18.2 Å². The van der Waals surface area contributed by atoms with E-state index in [4.69, 9.17) is 34.7 Å². The number of carbonyl (C=O) groups is 2. The molecular formula is C12H16Cl3N3O2. The quantitative estimate of drug-likeness (QED) is 0.852. The van der Waals surface area contributed by atoms with Crippen LogP contribution in [0.5, 0.6) is 0 Å². The lowest BCUT2D eigenvalue weighted by Gasteiger charge is -2.21. The second-order valence-electron chi connectivity index (χ2n) is 4.25. The number of nitrogens with zero attached hydrogens (tertiary/aromatic N) is 1. The van der Waals surface area contributed by atoms with Gasteiger partial charge in [0, 0.05) is 23.6 Å². The highest BCUT2D eigenvalue weighted by molar-refractivity contribution is 6.34. The van der Waals surface area contributed by atoms with Crippen LogP contribution in [0.2, 0.25) is 10.0 Å². The van der Waals surface area contributed by atoms with Crippen molar-refractivity contribution in [2.45, 2.75) is 19.0 Å². The Balaban J connectivity index is 0.00000361. The van der Waals surface area contributed by atoms with E-state index in [1.54, 1.807) is 25.2 Å². The van der Waals surface area contributed by atoms with Crippen molar-refractivity contribution in [1.82, 2.24) is 4.90 Å². The van der Waals surface area contributed by atoms with Gasteiger partial charge in [-0.15, -0.1) is 12.4 Å². The Morgan fingerprint density at radius 1 is 1.25 bits per heavy atom. The molecule has 0 aliphatic heterocycles. The van der Waals surface area contributed by atoms with E-state index in [-0.39, 0.29) is 24.7 Å². The molecule has 0 spiro atoms. The highest BCUT2D eigenvalue weighted by Crippen LogP contribution is 2.20. The Labute approximate surface area is 133 Å². The monoisotopic (exact) mass is 339 g/mol. The first-order valence-corrected chi connectivity index (χ1v) is 6.29. The standard InChI is InChI=1S/C12H15Cl2N3O2.ClH/c1-17(12(19)10(15)5-11(16)18)6-7-2-8(13)4-9(14)3-7;/h2-4,10H,5-6,15H2,1H3,(H2,16,18);1H. The largest absolute Gasteiger partial charge is 0.370 e. The molecule has 112 valence electrons. The number of benzene rings is 1. The van der Waals surface area contributed by atoms with E-state index in [1.807, 2.05) is 0 Å². The molecule has 8 heteroatoms. The molecular weight excluding hydrogens is 325 g/mol. The molecule has 1 atom stereocenters. The topological polar surface area (TPSA) is 89.4 Å². The zero-order chi connectivity index (χ0) is 14.6. The summed E-state index contributed by atoms with van der Waals surface area (Å²) < 4.78 is 0. The van der Waals surface area contributed by atoms with E-state index >= 15 is 0 Å². The normalized spacial score (nSPS) is 11.4. The van der Waals surface area contributed by atoms with Gasteiger partial charge in [0.1, 0.15) is 0 Å². The van der Waals surface area contributed by atoms with E-state index in [9.17, 15) is 9.59 Å². The van der Waals surface area contributed by atoms with Crippen LogP contribution in [0.25, 0.3) is 0 Å². The molecule has 0 saturated carbocycles. The zero-order valence-electron chi connectivity index (χ0n) is 10.8. The van der Waals surface area contributed by atoms with Gasteiger partial charge >= 0.3 is 0 Å². The number of carbonyl (C=O) groups excluding carboxylic acids is 2. The summed E-state index contributed by atoms with van der Waals surface area (Å²) in [5, 5.41) is 0.981. The van der Waals surface area contributed by atoms with Crippen molar-refractivity contribution in [1.29, 1.82) is 0 Å². The van der Waals surface area contributed by atoms with Gasteiger partial charge in [-0.3, -0.25) is 9.59 Å². The number of halogens is 3. The Kier molecular flexibility index (Phi) is 7.90. The lowest BCUT2D eigenvalue weighted by atomic mass is 10.1. The van der Waals surface area contributed by atoms with Gasteiger partial charge in [-0.05, 0) is 23.8 Å². The van der Waals surface area contributed by atoms with Crippen molar-refractivity contribution in [3.8, 4) is 0 Å². The number of hydrogen-bond donors (Lipinski definition) is 2. The first-order chi connectivity index (χ1) is 8.79.